The van der Waals surface area contributed by atoms with Crippen molar-refractivity contribution in [1.82, 2.24) is 5.43 Å². The van der Waals surface area contributed by atoms with Gasteiger partial charge < -0.3 is 10.1 Å². The Balaban J connectivity index is 2.06. The molecule has 19 heavy (non-hydrogen) atoms. The van der Waals surface area contributed by atoms with E-state index in [1.807, 2.05) is 55.6 Å². The number of nitrogens with zero attached hydrogens (tertiary/aromatic N) is 1. The van der Waals surface area contributed by atoms with Crippen molar-refractivity contribution in [3.8, 4) is 11.1 Å². The summed E-state index contributed by atoms with van der Waals surface area (Å²) in [6, 6.07) is 15.2. The summed E-state index contributed by atoms with van der Waals surface area (Å²) in [5, 5.41) is 10.9. The van der Waals surface area contributed by atoms with Crippen molar-refractivity contribution < 1.29 is 9.90 Å². The van der Waals surface area contributed by atoms with Crippen molar-refractivity contribution in [2.45, 2.75) is 6.04 Å². The summed E-state index contributed by atoms with van der Waals surface area (Å²) >= 11 is 0. The van der Waals surface area contributed by atoms with E-state index < -0.39 is 12.0 Å². The van der Waals surface area contributed by atoms with Gasteiger partial charge in [-0.1, -0.05) is 42.5 Å². The first-order chi connectivity index (χ1) is 9.16. The second-order valence-electron chi connectivity index (χ2n) is 4.60. The third-order valence-corrected chi connectivity index (χ3v) is 3.38. The molecule has 4 heteroatoms. The van der Waals surface area contributed by atoms with E-state index in [0.717, 1.165) is 22.4 Å². The van der Waals surface area contributed by atoms with Crippen LogP contribution in [0, 0.1) is 0 Å². The quantitative estimate of drug-likeness (QED) is 0.864. The average molecular weight is 254 g/mol. The number of fused-ring (bicyclic) bond motifs is 1. The molecule has 0 fully saturated rings. The third kappa shape index (κ3) is 1.96. The van der Waals surface area contributed by atoms with E-state index in [4.69, 9.17) is 0 Å². The number of aliphatic carboxylic acids is 1. The van der Waals surface area contributed by atoms with Crippen LogP contribution in [0.25, 0.3) is 11.1 Å². The van der Waals surface area contributed by atoms with E-state index in [2.05, 4.69) is 5.43 Å². The molecule has 0 saturated carbocycles. The van der Waals surface area contributed by atoms with E-state index in [1.165, 1.54) is 0 Å². The second-order valence-corrected chi connectivity index (χ2v) is 4.60. The van der Waals surface area contributed by atoms with Crippen molar-refractivity contribution in [2.75, 3.05) is 12.1 Å². The van der Waals surface area contributed by atoms with Gasteiger partial charge in [0.15, 0.2) is 6.04 Å². The van der Waals surface area contributed by atoms with Crippen LogP contribution in [0.3, 0.4) is 0 Å². The van der Waals surface area contributed by atoms with Crippen molar-refractivity contribution in [2.24, 2.45) is 0 Å². The molecule has 1 aliphatic rings. The zero-order valence-electron chi connectivity index (χ0n) is 10.5. The molecule has 0 bridgehead atoms. The van der Waals surface area contributed by atoms with Crippen LogP contribution >= 0.6 is 0 Å². The highest BCUT2D eigenvalue weighted by Gasteiger charge is 2.31. The molecular weight excluding hydrogens is 240 g/mol. The Hall–Kier alpha value is -2.33. The SMILES string of the molecule is CN1NC(C(=O)O)c2ccc(-c3ccccc3)cc21. The fourth-order valence-corrected chi connectivity index (χ4v) is 2.41. The topological polar surface area (TPSA) is 52.6 Å². The van der Waals surface area contributed by atoms with Crippen molar-refractivity contribution in [1.29, 1.82) is 0 Å². The van der Waals surface area contributed by atoms with Crippen LogP contribution in [0.1, 0.15) is 11.6 Å². The molecule has 4 nitrogen and oxygen atoms in total. The molecule has 1 aliphatic heterocycles. The lowest BCUT2D eigenvalue weighted by molar-refractivity contribution is -0.139. The van der Waals surface area contributed by atoms with Crippen LogP contribution in [-0.4, -0.2) is 18.1 Å². The smallest absolute Gasteiger partial charge is 0.327 e. The van der Waals surface area contributed by atoms with Crippen LogP contribution in [0.2, 0.25) is 0 Å². The molecule has 0 radical (unpaired) electrons. The van der Waals surface area contributed by atoms with Crippen LogP contribution in [0.4, 0.5) is 5.69 Å². The van der Waals surface area contributed by atoms with E-state index in [9.17, 15) is 9.90 Å². The Labute approximate surface area is 111 Å². The molecule has 0 aromatic heterocycles. The third-order valence-electron chi connectivity index (χ3n) is 3.38. The number of hydrogen-bond acceptors (Lipinski definition) is 3. The zero-order valence-corrected chi connectivity index (χ0v) is 10.5. The highest BCUT2D eigenvalue weighted by molar-refractivity contribution is 5.83. The van der Waals surface area contributed by atoms with Crippen LogP contribution < -0.4 is 10.4 Å². The Morgan fingerprint density at radius 1 is 1.16 bits per heavy atom. The van der Waals surface area contributed by atoms with Gasteiger partial charge in [-0.3, -0.25) is 4.79 Å². The lowest BCUT2D eigenvalue weighted by Crippen LogP contribution is -2.33. The molecule has 3 rings (SSSR count). The largest absolute Gasteiger partial charge is 0.480 e. The Bertz CT molecular complexity index is 625. The summed E-state index contributed by atoms with van der Waals surface area (Å²) < 4.78 is 0. The summed E-state index contributed by atoms with van der Waals surface area (Å²) in [4.78, 5) is 11.2. The molecule has 0 spiro atoms. The first-order valence-electron chi connectivity index (χ1n) is 6.09. The number of nitrogens with one attached hydrogen (secondary N) is 1. The summed E-state index contributed by atoms with van der Waals surface area (Å²) in [6.45, 7) is 0. The van der Waals surface area contributed by atoms with Gasteiger partial charge in [0.25, 0.3) is 0 Å². The molecule has 2 aromatic rings. The van der Waals surface area contributed by atoms with Crippen molar-refractivity contribution in [3.63, 3.8) is 0 Å². The number of hydrazine groups is 1. The lowest BCUT2D eigenvalue weighted by Gasteiger charge is -2.13. The van der Waals surface area contributed by atoms with Gasteiger partial charge in [0, 0.05) is 12.6 Å². The molecule has 2 N–H and O–H groups in total. The Morgan fingerprint density at radius 2 is 1.89 bits per heavy atom. The average Bonchev–Trinajstić information content (AvgIpc) is 2.77. The summed E-state index contributed by atoms with van der Waals surface area (Å²) in [5.74, 6) is -0.863. The fraction of sp³-hybridized carbons (Fsp3) is 0.133. The highest BCUT2D eigenvalue weighted by atomic mass is 16.4. The number of benzene rings is 2. The van der Waals surface area contributed by atoms with Crippen molar-refractivity contribution in [3.05, 3.63) is 54.1 Å². The minimum atomic E-state index is -0.863. The Morgan fingerprint density at radius 3 is 2.58 bits per heavy atom. The molecule has 0 aliphatic carbocycles. The van der Waals surface area contributed by atoms with Gasteiger partial charge in [0.05, 0.1) is 5.69 Å². The van der Waals surface area contributed by atoms with Crippen LogP contribution in [-0.2, 0) is 4.79 Å². The number of anilines is 1. The standard InChI is InChI=1S/C15H14N2O2/c1-17-13-9-11(10-5-3-2-4-6-10)7-8-12(13)14(16-17)15(18)19/h2-9,14,16H,1H3,(H,18,19). The van der Waals surface area contributed by atoms with Gasteiger partial charge >= 0.3 is 5.97 Å². The van der Waals surface area contributed by atoms with Gasteiger partial charge in [0.2, 0.25) is 0 Å². The molecule has 1 heterocycles. The molecule has 0 amide bonds. The number of hydrogen-bond donors (Lipinski definition) is 2. The van der Waals surface area contributed by atoms with Crippen molar-refractivity contribution >= 4 is 11.7 Å². The first kappa shape index (κ1) is 11.7. The van der Waals surface area contributed by atoms with Gasteiger partial charge in [-0.05, 0) is 17.2 Å². The highest BCUT2D eigenvalue weighted by Crippen LogP contribution is 2.35. The van der Waals surface area contributed by atoms with E-state index in [-0.39, 0.29) is 0 Å². The fourth-order valence-electron chi connectivity index (χ4n) is 2.41. The molecule has 2 aromatic carbocycles. The molecule has 1 unspecified atom stereocenters. The zero-order chi connectivity index (χ0) is 13.4. The lowest BCUT2D eigenvalue weighted by atomic mass is 10.00. The maximum absolute atomic E-state index is 11.2. The van der Waals surface area contributed by atoms with Crippen LogP contribution in [0.5, 0.6) is 0 Å². The van der Waals surface area contributed by atoms with E-state index in [1.54, 1.807) is 5.01 Å². The summed E-state index contributed by atoms with van der Waals surface area (Å²) in [7, 11) is 1.83. The molecule has 1 atom stereocenters. The maximum Gasteiger partial charge on any atom is 0.327 e. The van der Waals surface area contributed by atoms with Gasteiger partial charge in [-0.15, -0.1) is 0 Å². The van der Waals surface area contributed by atoms with Gasteiger partial charge in [-0.2, -0.15) is 0 Å². The van der Waals surface area contributed by atoms with Crippen LogP contribution in [0.15, 0.2) is 48.5 Å². The molecule has 0 saturated heterocycles. The summed E-state index contributed by atoms with van der Waals surface area (Å²) in [5.41, 5.74) is 6.85. The minimum absolute atomic E-state index is 0.662. The maximum atomic E-state index is 11.2. The van der Waals surface area contributed by atoms with Gasteiger partial charge in [-0.25, -0.2) is 5.43 Å². The minimum Gasteiger partial charge on any atom is -0.480 e. The number of rotatable bonds is 2. The predicted molar refractivity (Wildman–Crippen MR) is 73.8 cm³/mol. The predicted octanol–water partition coefficient (Wildman–Crippen LogP) is 2.43. The summed E-state index contributed by atoms with van der Waals surface area (Å²) in [6.07, 6.45) is 0. The number of carboxylic acid groups (broad SMARTS) is 1. The first-order valence-corrected chi connectivity index (χ1v) is 6.09. The van der Waals surface area contributed by atoms with Gasteiger partial charge in [0.1, 0.15) is 0 Å². The Kier molecular flexibility index (Phi) is 2.72. The second kappa shape index (κ2) is 4.40. The number of carbonyl (C=O) groups is 1. The van der Waals surface area contributed by atoms with E-state index in [0.29, 0.717) is 0 Å². The molecule has 96 valence electrons. The monoisotopic (exact) mass is 254 g/mol. The number of carboxylic acids is 1. The van der Waals surface area contributed by atoms with E-state index >= 15 is 0 Å². The normalized spacial score (nSPS) is 17.3. The molecular formula is C15H14N2O2.